The second-order valence-corrected chi connectivity index (χ2v) is 6.15. The number of rotatable bonds is 7. The molecule has 0 bridgehead atoms. The van der Waals surface area contributed by atoms with Gasteiger partial charge in [0.05, 0.1) is 0 Å². The van der Waals surface area contributed by atoms with Crippen molar-refractivity contribution in [2.75, 3.05) is 6.54 Å². The smallest absolute Gasteiger partial charge is 0.220 e. The number of nitrogens with one attached hydrogen (secondary N) is 1. The van der Waals surface area contributed by atoms with Crippen LogP contribution in [0.1, 0.15) is 50.5 Å². The molecule has 0 saturated heterocycles. The number of aryl methyl sites for hydroxylation is 1. The summed E-state index contributed by atoms with van der Waals surface area (Å²) >= 11 is 0. The predicted octanol–water partition coefficient (Wildman–Crippen LogP) is 3.45. The molecular weight excluding hydrogens is 296 g/mol. The molecule has 1 atom stereocenters. The molecule has 0 aliphatic heterocycles. The minimum atomic E-state index is 0. The molecule has 1 fully saturated rings. The van der Waals surface area contributed by atoms with Gasteiger partial charge in [0.2, 0.25) is 5.91 Å². The predicted molar refractivity (Wildman–Crippen MR) is 94.2 cm³/mol. The standard InChI is InChI=1S/C18H28N2O.ClH/c19-14-17(16-11-5-2-6-12-16)20-18(21)13-7-10-15-8-3-1-4-9-15;/h1,3-4,8-9,16-17H,2,5-7,10-14,19H2,(H,20,21);1H. The van der Waals surface area contributed by atoms with Gasteiger partial charge in [-0.15, -0.1) is 12.4 Å². The van der Waals surface area contributed by atoms with Gasteiger partial charge in [-0.2, -0.15) is 0 Å². The van der Waals surface area contributed by atoms with E-state index >= 15 is 0 Å². The van der Waals surface area contributed by atoms with Crippen LogP contribution >= 0.6 is 12.4 Å². The van der Waals surface area contributed by atoms with E-state index in [4.69, 9.17) is 5.73 Å². The summed E-state index contributed by atoms with van der Waals surface area (Å²) in [4.78, 5) is 12.1. The van der Waals surface area contributed by atoms with Crippen LogP contribution in [-0.4, -0.2) is 18.5 Å². The largest absolute Gasteiger partial charge is 0.352 e. The number of hydrogen-bond donors (Lipinski definition) is 2. The summed E-state index contributed by atoms with van der Waals surface area (Å²) in [5.74, 6) is 0.744. The molecule has 4 heteroatoms. The molecule has 124 valence electrons. The number of nitrogens with two attached hydrogens (primary N) is 1. The highest BCUT2D eigenvalue weighted by atomic mass is 35.5. The Labute approximate surface area is 140 Å². The second kappa shape index (κ2) is 10.6. The molecule has 3 nitrogen and oxygen atoms in total. The van der Waals surface area contributed by atoms with Crippen molar-refractivity contribution in [1.82, 2.24) is 5.32 Å². The average molecular weight is 325 g/mol. The van der Waals surface area contributed by atoms with Gasteiger partial charge in [-0.25, -0.2) is 0 Å². The lowest BCUT2D eigenvalue weighted by atomic mass is 9.84. The third kappa shape index (κ3) is 6.37. The molecule has 0 aromatic heterocycles. The number of halogens is 1. The maximum atomic E-state index is 12.1. The SMILES string of the molecule is Cl.NCC(NC(=O)CCCc1ccccc1)C1CCCCC1. The van der Waals surface area contributed by atoms with E-state index in [1.807, 2.05) is 18.2 Å². The van der Waals surface area contributed by atoms with Crippen molar-refractivity contribution in [3.63, 3.8) is 0 Å². The number of carbonyl (C=O) groups excluding carboxylic acids is 1. The Morgan fingerprint density at radius 3 is 2.50 bits per heavy atom. The zero-order chi connectivity index (χ0) is 14.9. The van der Waals surface area contributed by atoms with E-state index in [2.05, 4.69) is 17.4 Å². The topological polar surface area (TPSA) is 55.1 Å². The monoisotopic (exact) mass is 324 g/mol. The quantitative estimate of drug-likeness (QED) is 0.807. The average Bonchev–Trinajstić information content (AvgIpc) is 2.54. The normalized spacial score (nSPS) is 16.6. The van der Waals surface area contributed by atoms with E-state index < -0.39 is 0 Å². The van der Waals surface area contributed by atoms with Crippen molar-refractivity contribution in [3.05, 3.63) is 35.9 Å². The Morgan fingerprint density at radius 2 is 1.86 bits per heavy atom. The molecule has 1 unspecified atom stereocenters. The third-order valence-electron chi connectivity index (χ3n) is 4.53. The lowest BCUT2D eigenvalue weighted by Gasteiger charge is -2.30. The molecule has 1 aliphatic carbocycles. The molecule has 0 heterocycles. The molecule has 3 N–H and O–H groups in total. The molecule has 1 aliphatic rings. The first-order chi connectivity index (χ1) is 10.3. The minimum absolute atomic E-state index is 0. The van der Waals surface area contributed by atoms with Crippen LogP contribution in [-0.2, 0) is 11.2 Å². The third-order valence-corrected chi connectivity index (χ3v) is 4.53. The van der Waals surface area contributed by atoms with Gasteiger partial charge in [0.15, 0.2) is 0 Å². The van der Waals surface area contributed by atoms with Gasteiger partial charge in [-0.05, 0) is 37.2 Å². The first kappa shape index (κ1) is 19.0. The molecule has 0 radical (unpaired) electrons. The lowest BCUT2D eigenvalue weighted by Crippen LogP contribution is -2.45. The van der Waals surface area contributed by atoms with Gasteiger partial charge in [0.1, 0.15) is 0 Å². The van der Waals surface area contributed by atoms with Crippen LogP contribution in [0.4, 0.5) is 0 Å². The fourth-order valence-corrected chi connectivity index (χ4v) is 3.28. The highest BCUT2D eigenvalue weighted by molar-refractivity contribution is 5.85. The fourth-order valence-electron chi connectivity index (χ4n) is 3.28. The number of amides is 1. The van der Waals surface area contributed by atoms with Gasteiger partial charge >= 0.3 is 0 Å². The van der Waals surface area contributed by atoms with Crippen LogP contribution in [0, 0.1) is 5.92 Å². The van der Waals surface area contributed by atoms with Gasteiger partial charge in [0.25, 0.3) is 0 Å². The molecular formula is C18H29ClN2O. The van der Waals surface area contributed by atoms with Crippen molar-refractivity contribution in [3.8, 4) is 0 Å². The van der Waals surface area contributed by atoms with Crippen LogP contribution in [0.5, 0.6) is 0 Å². The zero-order valence-corrected chi connectivity index (χ0v) is 14.1. The first-order valence-corrected chi connectivity index (χ1v) is 8.33. The van der Waals surface area contributed by atoms with Crippen molar-refractivity contribution in [2.45, 2.75) is 57.4 Å². The van der Waals surface area contributed by atoms with Crippen molar-refractivity contribution >= 4 is 18.3 Å². The van der Waals surface area contributed by atoms with Crippen LogP contribution in [0.25, 0.3) is 0 Å². The van der Waals surface area contributed by atoms with Crippen LogP contribution < -0.4 is 11.1 Å². The molecule has 1 aromatic rings. The number of hydrogen-bond acceptors (Lipinski definition) is 2. The molecule has 1 aromatic carbocycles. The van der Waals surface area contributed by atoms with Crippen molar-refractivity contribution in [1.29, 1.82) is 0 Å². The fraction of sp³-hybridized carbons (Fsp3) is 0.611. The Balaban J connectivity index is 0.00000242. The summed E-state index contributed by atoms with van der Waals surface area (Å²) in [5.41, 5.74) is 7.16. The van der Waals surface area contributed by atoms with Crippen molar-refractivity contribution < 1.29 is 4.79 Å². The summed E-state index contributed by atoms with van der Waals surface area (Å²) in [7, 11) is 0. The maximum Gasteiger partial charge on any atom is 0.220 e. The maximum absolute atomic E-state index is 12.1. The minimum Gasteiger partial charge on any atom is -0.352 e. The lowest BCUT2D eigenvalue weighted by molar-refractivity contribution is -0.122. The van der Waals surface area contributed by atoms with E-state index in [-0.39, 0.29) is 24.4 Å². The second-order valence-electron chi connectivity index (χ2n) is 6.15. The molecule has 0 spiro atoms. The highest BCUT2D eigenvalue weighted by Crippen LogP contribution is 2.26. The Kier molecular flexibility index (Phi) is 9.17. The van der Waals surface area contributed by atoms with Crippen LogP contribution in [0.15, 0.2) is 30.3 Å². The summed E-state index contributed by atoms with van der Waals surface area (Å²) in [6.45, 7) is 0.565. The van der Waals surface area contributed by atoms with E-state index in [0.29, 0.717) is 18.9 Å². The molecule has 22 heavy (non-hydrogen) atoms. The highest BCUT2D eigenvalue weighted by Gasteiger charge is 2.23. The first-order valence-electron chi connectivity index (χ1n) is 8.33. The van der Waals surface area contributed by atoms with Gasteiger partial charge < -0.3 is 11.1 Å². The van der Waals surface area contributed by atoms with Gasteiger partial charge in [-0.3, -0.25) is 4.79 Å². The summed E-state index contributed by atoms with van der Waals surface area (Å²) < 4.78 is 0. The van der Waals surface area contributed by atoms with E-state index in [1.54, 1.807) is 0 Å². The Morgan fingerprint density at radius 1 is 1.18 bits per heavy atom. The van der Waals surface area contributed by atoms with Gasteiger partial charge in [-0.1, -0.05) is 49.6 Å². The van der Waals surface area contributed by atoms with E-state index in [0.717, 1.165) is 12.8 Å². The van der Waals surface area contributed by atoms with E-state index in [1.165, 1.54) is 37.7 Å². The zero-order valence-electron chi connectivity index (χ0n) is 13.3. The molecule has 2 rings (SSSR count). The summed E-state index contributed by atoms with van der Waals surface area (Å²) in [6, 6.07) is 10.5. The Bertz CT molecular complexity index is 418. The number of benzene rings is 1. The van der Waals surface area contributed by atoms with Crippen molar-refractivity contribution in [2.24, 2.45) is 11.7 Å². The molecule has 1 amide bonds. The van der Waals surface area contributed by atoms with Crippen LogP contribution in [0.3, 0.4) is 0 Å². The van der Waals surface area contributed by atoms with E-state index in [9.17, 15) is 4.79 Å². The molecule has 1 saturated carbocycles. The van der Waals surface area contributed by atoms with Gasteiger partial charge in [0, 0.05) is 19.0 Å². The summed E-state index contributed by atoms with van der Waals surface area (Å²) in [5, 5.41) is 3.16. The van der Waals surface area contributed by atoms with Crippen LogP contribution in [0.2, 0.25) is 0 Å². The summed E-state index contributed by atoms with van der Waals surface area (Å²) in [6.07, 6.45) is 8.79. The number of carbonyl (C=O) groups is 1. The Hall–Kier alpha value is -1.06.